The van der Waals surface area contributed by atoms with E-state index in [0.29, 0.717) is 6.61 Å². The van der Waals surface area contributed by atoms with Crippen LogP contribution in [0.25, 0.3) is 0 Å². The van der Waals surface area contributed by atoms with E-state index in [2.05, 4.69) is 38.1 Å². The van der Waals surface area contributed by atoms with E-state index in [1.807, 2.05) is 18.2 Å². The normalized spacial score (nSPS) is 10.4. The number of hydrogen-bond acceptors (Lipinski definition) is 1. The third-order valence-electron chi connectivity index (χ3n) is 2.06. The van der Waals surface area contributed by atoms with Crippen molar-refractivity contribution < 1.29 is 4.74 Å². The fraction of sp³-hybridized carbons (Fsp3) is 0.385. The maximum Gasteiger partial charge on any atom is 0.150 e. The molecule has 0 saturated heterocycles. The summed E-state index contributed by atoms with van der Waals surface area (Å²) in [5.41, 5.74) is 1.26. The molecule has 0 saturated carbocycles. The Morgan fingerprint density at radius 3 is 2.53 bits per heavy atom. The lowest BCUT2D eigenvalue weighted by molar-refractivity contribution is 0.357. The predicted octanol–water partition coefficient (Wildman–Crippen LogP) is 3.56. The number of benzene rings is 1. The van der Waals surface area contributed by atoms with E-state index in [1.165, 1.54) is 5.56 Å². The zero-order chi connectivity index (χ0) is 11.3. The summed E-state index contributed by atoms with van der Waals surface area (Å²) in [5, 5.41) is 2.29. The van der Waals surface area contributed by atoms with Gasteiger partial charge in [-0.2, -0.15) is 0 Å². The molecule has 0 aromatic heterocycles. The number of ether oxygens (including phenoxy) is 1. The molecule has 1 rings (SSSR count). The average molecular weight is 223 g/mol. The van der Waals surface area contributed by atoms with Crippen molar-refractivity contribution >= 4 is 11.6 Å². The van der Waals surface area contributed by atoms with Crippen LogP contribution < -0.4 is 4.74 Å². The van der Waals surface area contributed by atoms with Gasteiger partial charge in [-0.25, -0.2) is 0 Å². The molecule has 0 bridgehead atoms. The molecule has 1 nitrogen and oxygen atoms in total. The topological polar surface area (TPSA) is 9.23 Å². The fourth-order valence-electron chi connectivity index (χ4n) is 1.35. The lowest BCUT2D eigenvalue weighted by Crippen LogP contribution is -2.13. The van der Waals surface area contributed by atoms with Gasteiger partial charge in [-0.05, 0) is 34.6 Å². The first kappa shape index (κ1) is 11.9. The highest BCUT2D eigenvalue weighted by Crippen LogP contribution is 2.30. The van der Waals surface area contributed by atoms with Crippen LogP contribution in [0.5, 0.6) is 5.75 Å². The van der Waals surface area contributed by atoms with Crippen LogP contribution in [-0.4, -0.2) is 6.61 Å². The van der Waals surface area contributed by atoms with Gasteiger partial charge in [0.1, 0.15) is 12.4 Å². The van der Waals surface area contributed by atoms with Crippen molar-refractivity contribution in [3.63, 3.8) is 0 Å². The highest BCUT2D eigenvalue weighted by Gasteiger charge is 2.17. The first-order valence-corrected chi connectivity index (χ1v) is 5.24. The number of halogens is 1. The molecule has 1 aromatic rings. The van der Waals surface area contributed by atoms with Crippen molar-refractivity contribution in [1.29, 1.82) is 0 Å². The SMILES string of the molecule is CC(C)(C)c1ccccc1OCC#CCl. The minimum absolute atomic E-state index is 0.0744. The molecule has 0 amide bonds. The molecule has 0 fully saturated rings. The van der Waals surface area contributed by atoms with E-state index < -0.39 is 0 Å². The molecule has 80 valence electrons. The Balaban J connectivity index is 2.90. The van der Waals surface area contributed by atoms with E-state index in [0.717, 1.165) is 5.75 Å². The Kier molecular flexibility index (Phi) is 4.05. The van der Waals surface area contributed by atoms with Crippen LogP contribution in [0.4, 0.5) is 0 Å². The summed E-state index contributed by atoms with van der Waals surface area (Å²) < 4.78 is 5.55. The highest BCUT2D eigenvalue weighted by atomic mass is 35.5. The summed E-state index contributed by atoms with van der Waals surface area (Å²) in [6.07, 6.45) is 0. The molecule has 0 aliphatic carbocycles. The van der Waals surface area contributed by atoms with Crippen molar-refractivity contribution in [3.05, 3.63) is 29.8 Å². The molecule has 0 heterocycles. The molecule has 0 unspecified atom stereocenters. The van der Waals surface area contributed by atoms with Crippen LogP contribution in [0, 0.1) is 11.3 Å². The van der Waals surface area contributed by atoms with E-state index >= 15 is 0 Å². The van der Waals surface area contributed by atoms with Crippen LogP contribution in [0.2, 0.25) is 0 Å². The Morgan fingerprint density at radius 2 is 1.93 bits per heavy atom. The third-order valence-corrected chi connectivity index (χ3v) is 2.20. The van der Waals surface area contributed by atoms with Gasteiger partial charge >= 0.3 is 0 Å². The second kappa shape index (κ2) is 5.09. The van der Waals surface area contributed by atoms with Gasteiger partial charge in [0, 0.05) is 5.38 Å². The van der Waals surface area contributed by atoms with E-state index in [9.17, 15) is 0 Å². The van der Waals surface area contributed by atoms with Gasteiger partial charge in [0.25, 0.3) is 0 Å². The largest absolute Gasteiger partial charge is 0.481 e. The maximum absolute atomic E-state index is 5.55. The standard InChI is InChI=1S/C13H15ClO/c1-13(2,3)11-7-4-5-8-12(11)15-10-6-9-14/h4-5,7-8H,10H2,1-3H3. The Bertz CT molecular complexity index is 380. The molecular formula is C13H15ClO. The zero-order valence-corrected chi connectivity index (χ0v) is 10.1. The summed E-state index contributed by atoms with van der Waals surface area (Å²) >= 11 is 5.26. The zero-order valence-electron chi connectivity index (χ0n) is 9.30. The fourth-order valence-corrected chi connectivity index (χ4v) is 1.41. The van der Waals surface area contributed by atoms with Gasteiger partial charge in [0.2, 0.25) is 0 Å². The van der Waals surface area contributed by atoms with Crippen molar-refractivity contribution in [2.24, 2.45) is 0 Å². The summed E-state index contributed by atoms with van der Waals surface area (Å²) in [6.45, 7) is 6.80. The predicted molar refractivity (Wildman–Crippen MR) is 64.3 cm³/mol. The molecule has 15 heavy (non-hydrogen) atoms. The molecule has 0 N–H and O–H groups in total. The third kappa shape index (κ3) is 3.49. The molecule has 1 aromatic carbocycles. The number of para-hydroxylation sites is 1. The molecule has 0 atom stereocenters. The molecule has 2 heteroatoms. The van der Waals surface area contributed by atoms with Gasteiger partial charge in [-0.3, -0.25) is 0 Å². The summed E-state index contributed by atoms with van der Waals surface area (Å²) in [7, 11) is 0. The highest BCUT2D eigenvalue weighted by molar-refractivity contribution is 6.30. The van der Waals surface area contributed by atoms with E-state index in [4.69, 9.17) is 16.3 Å². The minimum atomic E-state index is 0.0744. The van der Waals surface area contributed by atoms with Gasteiger partial charge < -0.3 is 4.74 Å². The quantitative estimate of drug-likeness (QED) is 0.696. The molecule has 0 aliphatic rings. The summed E-state index contributed by atoms with van der Waals surface area (Å²) in [5.74, 6) is 3.55. The first-order valence-electron chi connectivity index (χ1n) is 4.86. The van der Waals surface area contributed by atoms with Crippen molar-refractivity contribution in [2.75, 3.05) is 6.61 Å². The van der Waals surface area contributed by atoms with Crippen LogP contribution in [0.1, 0.15) is 26.3 Å². The molecule has 0 spiro atoms. The molecule has 0 aliphatic heterocycles. The van der Waals surface area contributed by atoms with Gasteiger partial charge in [-0.1, -0.05) is 39.0 Å². The Morgan fingerprint density at radius 1 is 1.27 bits per heavy atom. The second-order valence-corrected chi connectivity index (χ2v) is 4.50. The maximum atomic E-state index is 5.55. The Labute approximate surface area is 96.4 Å². The van der Waals surface area contributed by atoms with Gasteiger partial charge in [0.15, 0.2) is 0 Å². The smallest absolute Gasteiger partial charge is 0.150 e. The van der Waals surface area contributed by atoms with Crippen LogP contribution in [-0.2, 0) is 5.41 Å². The first-order chi connectivity index (χ1) is 7.05. The molecule has 0 radical (unpaired) electrons. The van der Waals surface area contributed by atoms with E-state index in [1.54, 1.807) is 0 Å². The lowest BCUT2D eigenvalue weighted by atomic mass is 9.86. The van der Waals surface area contributed by atoms with Crippen LogP contribution >= 0.6 is 11.6 Å². The van der Waals surface area contributed by atoms with E-state index in [-0.39, 0.29) is 5.41 Å². The summed E-state index contributed by atoms with van der Waals surface area (Å²) in [4.78, 5) is 0. The van der Waals surface area contributed by atoms with Gasteiger partial charge in [-0.15, -0.1) is 0 Å². The van der Waals surface area contributed by atoms with Crippen LogP contribution in [0.3, 0.4) is 0 Å². The van der Waals surface area contributed by atoms with Gasteiger partial charge in [0.05, 0.1) is 0 Å². The van der Waals surface area contributed by atoms with Crippen molar-refractivity contribution in [3.8, 4) is 17.0 Å². The number of hydrogen-bond donors (Lipinski definition) is 0. The Hall–Kier alpha value is -1.13. The lowest BCUT2D eigenvalue weighted by Gasteiger charge is -2.22. The molecular weight excluding hydrogens is 208 g/mol. The monoisotopic (exact) mass is 222 g/mol. The average Bonchev–Trinajstić information content (AvgIpc) is 2.17. The van der Waals surface area contributed by atoms with Crippen LogP contribution in [0.15, 0.2) is 24.3 Å². The van der Waals surface area contributed by atoms with Crippen molar-refractivity contribution in [1.82, 2.24) is 0 Å². The second-order valence-electron chi connectivity index (χ2n) is 4.31. The summed E-state index contributed by atoms with van der Waals surface area (Å²) in [6, 6.07) is 8.00. The van der Waals surface area contributed by atoms with Crippen molar-refractivity contribution in [2.45, 2.75) is 26.2 Å². The minimum Gasteiger partial charge on any atom is -0.481 e. The number of rotatable bonds is 2.